The molecule has 0 spiro atoms. The average molecular weight is 234 g/mol. The van der Waals surface area contributed by atoms with E-state index in [-0.39, 0.29) is 5.91 Å². The van der Waals surface area contributed by atoms with Gasteiger partial charge in [0.05, 0.1) is 13.0 Å². The molecule has 5 heteroatoms. The van der Waals surface area contributed by atoms with E-state index >= 15 is 0 Å². The molecule has 90 valence electrons. The van der Waals surface area contributed by atoms with E-state index in [9.17, 15) is 9.59 Å². The fourth-order valence-electron chi connectivity index (χ4n) is 1.75. The van der Waals surface area contributed by atoms with Crippen molar-refractivity contribution in [2.75, 3.05) is 11.9 Å². The number of alkyl carbamates (subject to hydrolysis) is 1. The Morgan fingerprint density at radius 1 is 1.53 bits per heavy atom. The van der Waals surface area contributed by atoms with Crippen molar-refractivity contribution in [2.24, 2.45) is 0 Å². The van der Waals surface area contributed by atoms with Crippen LogP contribution in [-0.2, 0) is 22.5 Å². The summed E-state index contributed by atoms with van der Waals surface area (Å²) in [5, 5.41) is 5.39. The van der Waals surface area contributed by atoms with Gasteiger partial charge in [0.25, 0.3) is 0 Å². The summed E-state index contributed by atoms with van der Waals surface area (Å²) in [6.45, 7) is 2.51. The predicted octanol–water partition coefficient (Wildman–Crippen LogP) is 1.43. The molecule has 0 saturated heterocycles. The summed E-state index contributed by atoms with van der Waals surface area (Å²) in [5.74, 6) is 0.00972. The molecule has 0 saturated carbocycles. The van der Waals surface area contributed by atoms with Crippen LogP contribution in [-0.4, -0.2) is 18.6 Å². The average Bonchev–Trinajstić information content (AvgIpc) is 2.66. The number of rotatable bonds is 3. The monoisotopic (exact) mass is 234 g/mol. The lowest BCUT2D eigenvalue weighted by Gasteiger charge is -2.06. The molecule has 2 N–H and O–H groups in total. The van der Waals surface area contributed by atoms with Crippen molar-refractivity contribution in [3.63, 3.8) is 0 Å². The highest BCUT2D eigenvalue weighted by Gasteiger charge is 2.17. The topological polar surface area (TPSA) is 67.4 Å². The molecule has 2 amide bonds. The van der Waals surface area contributed by atoms with Crippen molar-refractivity contribution in [3.05, 3.63) is 29.3 Å². The van der Waals surface area contributed by atoms with Crippen LogP contribution in [0.15, 0.2) is 18.2 Å². The van der Waals surface area contributed by atoms with E-state index in [0.717, 1.165) is 16.8 Å². The largest absolute Gasteiger partial charge is 0.450 e. The number of fused-ring (bicyclic) bond motifs is 1. The van der Waals surface area contributed by atoms with Gasteiger partial charge in [-0.15, -0.1) is 0 Å². The van der Waals surface area contributed by atoms with Crippen LogP contribution in [0.5, 0.6) is 0 Å². The Bertz CT molecular complexity index is 457. The summed E-state index contributed by atoms with van der Waals surface area (Å²) >= 11 is 0. The quantitative estimate of drug-likeness (QED) is 0.831. The molecule has 1 heterocycles. The molecule has 1 aromatic carbocycles. The van der Waals surface area contributed by atoms with Crippen LogP contribution in [0, 0.1) is 0 Å². The minimum absolute atomic E-state index is 0.00972. The Hall–Kier alpha value is -2.04. The zero-order valence-electron chi connectivity index (χ0n) is 9.58. The normalized spacial score (nSPS) is 12.9. The van der Waals surface area contributed by atoms with Crippen LogP contribution in [0.2, 0.25) is 0 Å². The molecule has 0 atom stereocenters. The van der Waals surface area contributed by atoms with Gasteiger partial charge < -0.3 is 15.4 Å². The van der Waals surface area contributed by atoms with Crippen LogP contribution in [0.4, 0.5) is 10.5 Å². The maximum absolute atomic E-state index is 11.2. The maximum atomic E-state index is 11.2. The number of benzene rings is 1. The van der Waals surface area contributed by atoms with Gasteiger partial charge in [0.2, 0.25) is 5.91 Å². The summed E-state index contributed by atoms with van der Waals surface area (Å²) in [5.41, 5.74) is 2.78. The smallest absolute Gasteiger partial charge is 0.407 e. The molecule has 17 heavy (non-hydrogen) atoms. The van der Waals surface area contributed by atoms with E-state index in [1.54, 1.807) is 6.92 Å². The van der Waals surface area contributed by atoms with Crippen molar-refractivity contribution >= 4 is 17.7 Å². The molecule has 5 nitrogen and oxygen atoms in total. The molecule has 0 fully saturated rings. The van der Waals surface area contributed by atoms with Gasteiger partial charge in [-0.1, -0.05) is 12.1 Å². The molecule has 0 bridgehead atoms. The molecule has 1 aliphatic rings. The predicted molar refractivity (Wildman–Crippen MR) is 62.6 cm³/mol. The molecular weight excluding hydrogens is 220 g/mol. The molecule has 0 unspecified atom stereocenters. The highest BCUT2D eigenvalue weighted by atomic mass is 16.5. The number of carbonyl (C=O) groups is 2. The number of nitrogens with one attached hydrogen (secondary N) is 2. The van der Waals surface area contributed by atoms with E-state index in [0.29, 0.717) is 19.6 Å². The van der Waals surface area contributed by atoms with Crippen molar-refractivity contribution in [1.82, 2.24) is 5.32 Å². The zero-order valence-corrected chi connectivity index (χ0v) is 9.58. The van der Waals surface area contributed by atoms with Crippen LogP contribution >= 0.6 is 0 Å². The lowest BCUT2D eigenvalue weighted by Crippen LogP contribution is -2.23. The SMILES string of the molecule is CCOC(=O)NCc1ccc2c(c1)CC(=O)N2. The highest BCUT2D eigenvalue weighted by molar-refractivity contribution is 5.99. The molecule has 1 aromatic rings. The summed E-state index contributed by atoms with van der Waals surface area (Å²) in [4.78, 5) is 22.3. The van der Waals surface area contributed by atoms with Crippen molar-refractivity contribution in [2.45, 2.75) is 19.9 Å². The summed E-state index contributed by atoms with van der Waals surface area (Å²) in [7, 11) is 0. The first-order chi connectivity index (χ1) is 8.19. The second-order valence-electron chi connectivity index (χ2n) is 3.79. The molecular formula is C12H14N2O3. The Kier molecular flexibility index (Phi) is 3.27. The van der Waals surface area contributed by atoms with Crippen molar-refractivity contribution < 1.29 is 14.3 Å². The van der Waals surface area contributed by atoms with Gasteiger partial charge in [0.1, 0.15) is 0 Å². The first-order valence-electron chi connectivity index (χ1n) is 5.51. The van der Waals surface area contributed by atoms with E-state index < -0.39 is 6.09 Å². The van der Waals surface area contributed by atoms with Gasteiger partial charge in [0.15, 0.2) is 0 Å². The number of hydrogen-bond donors (Lipinski definition) is 2. The fraction of sp³-hybridized carbons (Fsp3) is 0.333. The second kappa shape index (κ2) is 4.86. The molecule has 0 aromatic heterocycles. The summed E-state index contributed by atoms with van der Waals surface area (Å²) in [6, 6.07) is 5.64. The van der Waals surface area contributed by atoms with E-state index in [1.807, 2.05) is 18.2 Å². The van der Waals surface area contributed by atoms with Gasteiger partial charge in [-0.3, -0.25) is 4.79 Å². The van der Waals surface area contributed by atoms with Crippen LogP contribution < -0.4 is 10.6 Å². The third-order valence-electron chi connectivity index (χ3n) is 2.51. The van der Waals surface area contributed by atoms with Crippen LogP contribution in [0.3, 0.4) is 0 Å². The lowest BCUT2D eigenvalue weighted by molar-refractivity contribution is -0.115. The number of anilines is 1. The maximum Gasteiger partial charge on any atom is 0.407 e. The Balaban J connectivity index is 1.97. The van der Waals surface area contributed by atoms with E-state index in [4.69, 9.17) is 4.74 Å². The fourth-order valence-corrected chi connectivity index (χ4v) is 1.75. The van der Waals surface area contributed by atoms with Gasteiger partial charge in [-0.25, -0.2) is 4.79 Å². The van der Waals surface area contributed by atoms with Crippen LogP contribution in [0.25, 0.3) is 0 Å². The third kappa shape index (κ3) is 2.75. The Morgan fingerprint density at radius 3 is 3.12 bits per heavy atom. The van der Waals surface area contributed by atoms with Gasteiger partial charge in [-0.2, -0.15) is 0 Å². The number of carbonyl (C=O) groups excluding carboxylic acids is 2. The minimum Gasteiger partial charge on any atom is -0.450 e. The zero-order chi connectivity index (χ0) is 12.3. The number of amides is 2. The minimum atomic E-state index is -0.429. The first kappa shape index (κ1) is 11.4. The third-order valence-corrected chi connectivity index (χ3v) is 2.51. The number of ether oxygens (including phenoxy) is 1. The van der Waals surface area contributed by atoms with Crippen molar-refractivity contribution in [1.29, 1.82) is 0 Å². The van der Waals surface area contributed by atoms with Gasteiger partial charge in [-0.05, 0) is 24.1 Å². The lowest BCUT2D eigenvalue weighted by atomic mass is 10.1. The second-order valence-corrected chi connectivity index (χ2v) is 3.79. The van der Waals surface area contributed by atoms with Crippen LogP contribution in [0.1, 0.15) is 18.1 Å². The number of hydrogen-bond acceptors (Lipinski definition) is 3. The van der Waals surface area contributed by atoms with Crippen molar-refractivity contribution in [3.8, 4) is 0 Å². The Morgan fingerprint density at radius 2 is 2.35 bits per heavy atom. The Labute approximate surface area is 99.2 Å². The highest BCUT2D eigenvalue weighted by Crippen LogP contribution is 2.23. The van der Waals surface area contributed by atoms with E-state index in [1.165, 1.54) is 0 Å². The molecule has 2 rings (SSSR count). The standard InChI is InChI=1S/C12H14N2O3/c1-2-17-12(16)13-7-8-3-4-10-9(5-8)6-11(15)14-10/h3-5H,2,6-7H2,1H3,(H,13,16)(H,14,15). The molecule has 0 radical (unpaired) electrons. The summed E-state index contributed by atoms with van der Waals surface area (Å²) < 4.78 is 4.76. The van der Waals surface area contributed by atoms with Gasteiger partial charge in [0, 0.05) is 12.2 Å². The first-order valence-corrected chi connectivity index (χ1v) is 5.51. The molecule has 0 aliphatic carbocycles. The van der Waals surface area contributed by atoms with E-state index in [2.05, 4.69) is 10.6 Å². The summed E-state index contributed by atoms with van der Waals surface area (Å²) in [6.07, 6.45) is -0.0232. The molecule has 1 aliphatic heterocycles. The van der Waals surface area contributed by atoms with Gasteiger partial charge >= 0.3 is 6.09 Å².